The fourth-order valence-corrected chi connectivity index (χ4v) is 1.53. The zero-order chi connectivity index (χ0) is 14.6. The maximum atomic E-state index is 11.8. The van der Waals surface area contributed by atoms with Crippen LogP contribution in [0.3, 0.4) is 0 Å². The first-order valence-electron chi connectivity index (χ1n) is 5.48. The second kappa shape index (κ2) is 5.98. The van der Waals surface area contributed by atoms with Crippen molar-refractivity contribution in [3.05, 3.63) is 33.1 Å². The van der Waals surface area contributed by atoms with Crippen molar-refractivity contribution >= 4 is 11.9 Å². The molecule has 1 unspecified atom stereocenters. The molecule has 8 nitrogen and oxygen atoms in total. The number of aromatic nitrogens is 2. The van der Waals surface area contributed by atoms with E-state index in [-0.39, 0.29) is 6.54 Å². The van der Waals surface area contributed by atoms with Gasteiger partial charge in [0, 0.05) is 26.2 Å². The predicted molar refractivity (Wildman–Crippen MR) is 65.6 cm³/mol. The van der Waals surface area contributed by atoms with E-state index >= 15 is 0 Å². The van der Waals surface area contributed by atoms with Gasteiger partial charge in [0.2, 0.25) is 5.91 Å². The highest BCUT2D eigenvalue weighted by Gasteiger charge is 2.22. The fourth-order valence-electron chi connectivity index (χ4n) is 1.53. The third-order valence-electron chi connectivity index (χ3n) is 2.47. The molecule has 0 radical (unpaired) electrons. The van der Waals surface area contributed by atoms with Crippen molar-refractivity contribution < 1.29 is 14.3 Å². The van der Waals surface area contributed by atoms with Gasteiger partial charge in [0.15, 0.2) is 0 Å². The summed E-state index contributed by atoms with van der Waals surface area (Å²) in [6.45, 7) is 0.945. The minimum Gasteiger partial charge on any atom is -0.467 e. The largest absolute Gasteiger partial charge is 0.467 e. The summed E-state index contributed by atoms with van der Waals surface area (Å²) in [7, 11) is 2.63. The molecule has 0 aliphatic carbocycles. The van der Waals surface area contributed by atoms with Crippen molar-refractivity contribution in [2.45, 2.75) is 19.5 Å². The number of nitrogens with zero attached hydrogens (tertiary/aromatic N) is 2. The van der Waals surface area contributed by atoms with E-state index in [9.17, 15) is 19.2 Å². The average Bonchev–Trinajstić information content (AvgIpc) is 2.36. The van der Waals surface area contributed by atoms with E-state index in [1.807, 2.05) is 0 Å². The predicted octanol–water partition coefficient (Wildman–Crippen LogP) is -1.78. The first-order chi connectivity index (χ1) is 8.86. The van der Waals surface area contributed by atoms with Crippen LogP contribution in [-0.2, 0) is 27.9 Å². The van der Waals surface area contributed by atoms with Crippen molar-refractivity contribution in [3.8, 4) is 0 Å². The zero-order valence-corrected chi connectivity index (χ0v) is 10.9. The van der Waals surface area contributed by atoms with Crippen LogP contribution >= 0.6 is 0 Å². The lowest BCUT2D eigenvalue weighted by atomic mass is 10.3. The summed E-state index contributed by atoms with van der Waals surface area (Å²) in [5, 5.41) is 2.33. The summed E-state index contributed by atoms with van der Waals surface area (Å²) in [4.78, 5) is 45.9. The maximum Gasteiger partial charge on any atom is 0.330 e. The molecule has 0 saturated heterocycles. The van der Waals surface area contributed by atoms with Gasteiger partial charge in [0.1, 0.15) is 6.04 Å². The number of carbonyl (C=O) groups excluding carboxylic acids is 2. The number of amides is 1. The number of nitrogens with one attached hydrogen (secondary N) is 1. The van der Waals surface area contributed by atoms with E-state index in [1.54, 1.807) is 0 Å². The molecule has 0 aliphatic heterocycles. The van der Waals surface area contributed by atoms with Gasteiger partial charge in [-0.2, -0.15) is 0 Å². The molecule has 104 valence electrons. The van der Waals surface area contributed by atoms with Gasteiger partial charge in [-0.05, 0) is 0 Å². The first-order valence-corrected chi connectivity index (χ1v) is 5.48. The van der Waals surface area contributed by atoms with Crippen LogP contribution in [-0.4, -0.2) is 34.2 Å². The lowest BCUT2D eigenvalue weighted by molar-refractivity contribution is -0.145. The van der Waals surface area contributed by atoms with E-state index < -0.39 is 29.2 Å². The van der Waals surface area contributed by atoms with Crippen LogP contribution in [0.4, 0.5) is 0 Å². The Morgan fingerprint density at radius 2 is 2.05 bits per heavy atom. The molecule has 0 bridgehead atoms. The van der Waals surface area contributed by atoms with Crippen LogP contribution < -0.4 is 16.6 Å². The number of ether oxygens (including phenoxy) is 1. The number of esters is 1. The summed E-state index contributed by atoms with van der Waals surface area (Å²) >= 11 is 0. The van der Waals surface area contributed by atoms with Gasteiger partial charge in [-0.1, -0.05) is 0 Å². The number of hydrogen-bond donors (Lipinski definition) is 1. The van der Waals surface area contributed by atoms with Gasteiger partial charge in [-0.3, -0.25) is 14.2 Å². The molecular weight excluding hydrogens is 254 g/mol. The fraction of sp³-hybridized carbons (Fsp3) is 0.455. The highest BCUT2D eigenvalue weighted by molar-refractivity contribution is 5.83. The third kappa shape index (κ3) is 3.54. The van der Waals surface area contributed by atoms with Crippen LogP contribution in [0.25, 0.3) is 0 Å². The van der Waals surface area contributed by atoms with E-state index in [4.69, 9.17) is 0 Å². The summed E-state index contributed by atoms with van der Waals surface area (Å²) in [6, 6.07) is 0.110. The molecule has 1 atom stereocenters. The number of carbonyl (C=O) groups is 2. The van der Waals surface area contributed by atoms with Crippen LogP contribution in [0.1, 0.15) is 6.92 Å². The van der Waals surface area contributed by atoms with Crippen LogP contribution in [0, 0.1) is 0 Å². The third-order valence-corrected chi connectivity index (χ3v) is 2.47. The van der Waals surface area contributed by atoms with Crippen molar-refractivity contribution in [2.24, 2.45) is 7.05 Å². The molecule has 0 fully saturated rings. The summed E-state index contributed by atoms with van der Waals surface area (Å²) < 4.78 is 6.57. The molecule has 0 aliphatic rings. The highest BCUT2D eigenvalue weighted by atomic mass is 16.5. The van der Waals surface area contributed by atoms with Crippen molar-refractivity contribution in [1.29, 1.82) is 0 Å². The van der Waals surface area contributed by atoms with E-state index in [1.165, 1.54) is 30.8 Å². The molecule has 0 aromatic carbocycles. The Balaban J connectivity index is 3.13. The van der Waals surface area contributed by atoms with Gasteiger partial charge in [0.05, 0.1) is 13.7 Å². The SMILES string of the molecule is COC(=O)C(Cn1c(=O)ccn(C)c1=O)NC(C)=O. The number of rotatable bonds is 4. The van der Waals surface area contributed by atoms with Gasteiger partial charge in [-0.25, -0.2) is 9.59 Å². The quantitative estimate of drug-likeness (QED) is 0.652. The van der Waals surface area contributed by atoms with E-state index in [2.05, 4.69) is 10.1 Å². The lowest BCUT2D eigenvalue weighted by Gasteiger charge is -2.16. The van der Waals surface area contributed by atoms with E-state index in [0.29, 0.717) is 0 Å². The maximum absolute atomic E-state index is 11.8. The second-order valence-corrected chi connectivity index (χ2v) is 3.93. The molecule has 1 aromatic rings. The molecule has 19 heavy (non-hydrogen) atoms. The zero-order valence-electron chi connectivity index (χ0n) is 10.9. The molecule has 1 heterocycles. The monoisotopic (exact) mass is 269 g/mol. The van der Waals surface area contributed by atoms with Crippen LogP contribution in [0.5, 0.6) is 0 Å². The second-order valence-electron chi connectivity index (χ2n) is 3.93. The Hall–Kier alpha value is -2.38. The van der Waals surface area contributed by atoms with Crippen LogP contribution in [0.2, 0.25) is 0 Å². The number of methoxy groups -OCH3 is 1. The van der Waals surface area contributed by atoms with Crippen molar-refractivity contribution in [1.82, 2.24) is 14.5 Å². The minimum absolute atomic E-state index is 0.279. The summed E-state index contributed by atoms with van der Waals surface area (Å²) in [6.07, 6.45) is 1.33. The average molecular weight is 269 g/mol. The van der Waals surface area contributed by atoms with Crippen molar-refractivity contribution in [3.63, 3.8) is 0 Å². The number of hydrogen-bond acceptors (Lipinski definition) is 5. The summed E-state index contributed by atoms with van der Waals surface area (Å²) in [5.74, 6) is -1.19. The van der Waals surface area contributed by atoms with Gasteiger partial charge in [-0.15, -0.1) is 0 Å². The topological polar surface area (TPSA) is 99.4 Å². The molecule has 8 heteroatoms. The van der Waals surface area contributed by atoms with Gasteiger partial charge < -0.3 is 14.6 Å². The van der Waals surface area contributed by atoms with Gasteiger partial charge in [0.25, 0.3) is 5.56 Å². The molecule has 0 saturated carbocycles. The Bertz CT molecular complexity index is 601. The Kier molecular flexibility index (Phi) is 4.62. The molecule has 1 amide bonds. The first kappa shape index (κ1) is 14.7. The standard InChI is InChI=1S/C11H15N3O5/c1-7(15)12-8(10(17)19-3)6-14-9(16)4-5-13(2)11(14)18/h4-5,8H,6H2,1-3H3,(H,12,15). The van der Waals surface area contributed by atoms with Crippen LogP contribution in [0.15, 0.2) is 21.9 Å². The minimum atomic E-state index is -1.09. The smallest absolute Gasteiger partial charge is 0.330 e. The molecule has 0 spiro atoms. The highest BCUT2D eigenvalue weighted by Crippen LogP contribution is 1.91. The van der Waals surface area contributed by atoms with Gasteiger partial charge >= 0.3 is 11.7 Å². The normalized spacial score (nSPS) is 11.7. The molecule has 1 aromatic heterocycles. The van der Waals surface area contributed by atoms with Crippen molar-refractivity contribution in [2.75, 3.05) is 7.11 Å². The molecule has 1 rings (SSSR count). The Labute approximate surface area is 108 Å². The Morgan fingerprint density at radius 1 is 1.42 bits per heavy atom. The van der Waals surface area contributed by atoms with E-state index in [0.717, 1.165) is 11.7 Å². The lowest BCUT2D eigenvalue weighted by Crippen LogP contribution is -2.49. The Morgan fingerprint density at radius 3 is 2.58 bits per heavy atom. The number of aryl methyl sites for hydroxylation is 1. The molecular formula is C11H15N3O5. The summed E-state index contributed by atoms with van der Waals surface area (Å²) in [5.41, 5.74) is -1.13. The molecule has 1 N–H and O–H groups in total.